The highest BCUT2D eigenvalue weighted by atomic mass is 19.1. The molecule has 11 heteroatoms. The third-order valence-corrected chi connectivity index (χ3v) is 6.25. The van der Waals surface area contributed by atoms with Crippen molar-refractivity contribution in [3.8, 4) is 17.2 Å². The molecule has 2 aromatic carbocycles. The van der Waals surface area contributed by atoms with Crippen molar-refractivity contribution >= 4 is 28.4 Å². The average molecular weight is 523 g/mol. The standard InChI is InChI=1S/C27H31FN6O4/c1-31(2)26(36)16-7-8-20-21(13-16)38-25-22(30-10-6-11-33(5)12-9-29)19(28)14-17-23(25)34(20)15-18(24(17)35)27(37)32(3)4/h7-9,12-15,30H,6,10-11,29H2,1-5H3/b12-9-. The van der Waals surface area contributed by atoms with Gasteiger partial charge in [-0.2, -0.15) is 0 Å². The van der Waals surface area contributed by atoms with Gasteiger partial charge in [-0.25, -0.2) is 4.39 Å². The zero-order valence-corrected chi connectivity index (χ0v) is 22.0. The van der Waals surface area contributed by atoms with Crippen molar-refractivity contribution in [1.29, 1.82) is 0 Å². The highest BCUT2D eigenvalue weighted by Crippen LogP contribution is 2.45. The minimum Gasteiger partial charge on any atom is -0.451 e. The van der Waals surface area contributed by atoms with E-state index in [2.05, 4.69) is 5.32 Å². The van der Waals surface area contributed by atoms with E-state index < -0.39 is 17.2 Å². The summed E-state index contributed by atoms with van der Waals surface area (Å²) in [5, 5.41) is 3.11. The number of hydrogen-bond donors (Lipinski definition) is 2. The van der Waals surface area contributed by atoms with Crippen molar-refractivity contribution in [3.63, 3.8) is 0 Å². The number of anilines is 1. The first kappa shape index (κ1) is 26.5. The number of hydrogen-bond acceptors (Lipinski definition) is 7. The lowest BCUT2D eigenvalue weighted by Gasteiger charge is -2.27. The van der Waals surface area contributed by atoms with Gasteiger partial charge < -0.3 is 35.1 Å². The predicted molar refractivity (Wildman–Crippen MR) is 145 cm³/mol. The molecule has 10 nitrogen and oxygen atoms in total. The van der Waals surface area contributed by atoms with Crippen LogP contribution in [0.25, 0.3) is 16.6 Å². The van der Waals surface area contributed by atoms with Gasteiger partial charge in [-0.05, 0) is 30.7 Å². The van der Waals surface area contributed by atoms with Gasteiger partial charge in [0.2, 0.25) is 5.43 Å². The van der Waals surface area contributed by atoms with Crippen molar-refractivity contribution in [2.75, 3.05) is 53.6 Å². The first-order valence-electron chi connectivity index (χ1n) is 12.0. The van der Waals surface area contributed by atoms with Gasteiger partial charge in [-0.1, -0.05) is 0 Å². The Bertz CT molecular complexity index is 1510. The first-order chi connectivity index (χ1) is 18.0. The maximum Gasteiger partial charge on any atom is 0.258 e. The Balaban J connectivity index is 1.89. The molecule has 0 bridgehead atoms. The van der Waals surface area contributed by atoms with E-state index in [1.54, 1.807) is 43.1 Å². The third-order valence-electron chi connectivity index (χ3n) is 6.25. The lowest BCUT2D eigenvalue weighted by molar-refractivity contribution is 0.0819. The Labute approximate surface area is 219 Å². The average Bonchev–Trinajstić information content (AvgIpc) is 2.87. The van der Waals surface area contributed by atoms with Crippen molar-refractivity contribution < 1.29 is 18.7 Å². The van der Waals surface area contributed by atoms with E-state index in [4.69, 9.17) is 10.5 Å². The second-order valence-electron chi connectivity index (χ2n) is 9.49. The van der Waals surface area contributed by atoms with Crippen LogP contribution in [0.1, 0.15) is 27.1 Å². The van der Waals surface area contributed by atoms with E-state index in [0.29, 0.717) is 42.0 Å². The molecule has 3 N–H and O–H groups in total. The molecular weight excluding hydrogens is 491 g/mol. The molecule has 200 valence electrons. The Kier molecular flexibility index (Phi) is 7.29. The summed E-state index contributed by atoms with van der Waals surface area (Å²) < 4.78 is 23.3. The maximum absolute atomic E-state index is 15.5. The van der Waals surface area contributed by atoms with Gasteiger partial charge >= 0.3 is 0 Å². The summed E-state index contributed by atoms with van der Waals surface area (Å²) >= 11 is 0. The lowest BCUT2D eigenvalue weighted by Crippen LogP contribution is -2.29. The number of nitrogens with one attached hydrogen (secondary N) is 1. The van der Waals surface area contributed by atoms with Gasteiger partial charge in [0.15, 0.2) is 17.3 Å². The zero-order chi connectivity index (χ0) is 27.7. The number of halogens is 1. The number of pyridine rings is 1. The number of carbonyl (C=O) groups excluding carboxylic acids is 2. The van der Waals surface area contributed by atoms with E-state index in [-0.39, 0.29) is 28.3 Å². The molecule has 0 fully saturated rings. The van der Waals surface area contributed by atoms with Gasteiger partial charge in [-0.3, -0.25) is 14.4 Å². The van der Waals surface area contributed by atoms with Crippen molar-refractivity contribution in [2.45, 2.75) is 6.42 Å². The molecule has 2 heterocycles. The van der Waals surface area contributed by atoms with Crippen LogP contribution in [-0.4, -0.2) is 79.4 Å². The van der Waals surface area contributed by atoms with E-state index in [9.17, 15) is 14.4 Å². The Hall–Kier alpha value is -4.54. The molecule has 0 unspecified atom stereocenters. The van der Waals surface area contributed by atoms with E-state index >= 15 is 4.39 Å². The van der Waals surface area contributed by atoms with Crippen LogP contribution in [-0.2, 0) is 0 Å². The molecule has 0 aliphatic carbocycles. The highest BCUT2D eigenvalue weighted by molar-refractivity contribution is 6.01. The number of aromatic nitrogens is 1. The van der Waals surface area contributed by atoms with Crippen LogP contribution in [0, 0.1) is 5.82 Å². The number of amides is 2. The van der Waals surface area contributed by atoms with Crippen LogP contribution in [0.4, 0.5) is 10.1 Å². The molecule has 38 heavy (non-hydrogen) atoms. The van der Waals surface area contributed by atoms with Crippen LogP contribution in [0.5, 0.6) is 11.5 Å². The molecule has 0 saturated carbocycles. The molecule has 1 aliphatic heterocycles. The normalized spacial score (nSPS) is 11.7. The molecule has 0 atom stereocenters. The molecule has 2 amide bonds. The molecule has 0 radical (unpaired) electrons. The Morgan fingerprint density at radius 3 is 2.47 bits per heavy atom. The number of nitrogens with zero attached hydrogens (tertiary/aromatic N) is 4. The van der Waals surface area contributed by atoms with Gasteiger partial charge in [0, 0.05) is 72.5 Å². The summed E-state index contributed by atoms with van der Waals surface area (Å²) in [4.78, 5) is 43.4. The fourth-order valence-corrected chi connectivity index (χ4v) is 4.33. The topological polar surface area (TPSA) is 113 Å². The quantitative estimate of drug-likeness (QED) is 0.342. The van der Waals surface area contributed by atoms with Crippen molar-refractivity contribution in [2.24, 2.45) is 5.73 Å². The number of carbonyl (C=O) groups is 2. The van der Waals surface area contributed by atoms with Crippen LogP contribution in [0.3, 0.4) is 0 Å². The summed E-state index contributed by atoms with van der Waals surface area (Å²) in [5.41, 5.74) is 6.03. The summed E-state index contributed by atoms with van der Waals surface area (Å²) in [5.74, 6) is -1.03. The Morgan fingerprint density at radius 2 is 1.82 bits per heavy atom. The van der Waals surface area contributed by atoms with Crippen molar-refractivity contribution in [1.82, 2.24) is 19.3 Å². The smallest absolute Gasteiger partial charge is 0.258 e. The molecule has 4 rings (SSSR count). The number of ether oxygens (including phenoxy) is 1. The van der Waals surface area contributed by atoms with Crippen LogP contribution in [0.2, 0.25) is 0 Å². The summed E-state index contributed by atoms with van der Waals surface area (Å²) in [6.45, 7) is 1.08. The molecule has 1 aromatic heterocycles. The van der Waals surface area contributed by atoms with E-state index in [1.807, 2.05) is 11.9 Å². The predicted octanol–water partition coefficient (Wildman–Crippen LogP) is 2.80. The molecule has 0 spiro atoms. The number of nitrogens with two attached hydrogens (primary N) is 1. The van der Waals surface area contributed by atoms with Crippen molar-refractivity contribution in [3.05, 3.63) is 70.0 Å². The number of benzene rings is 2. The maximum atomic E-state index is 15.5. The molecule has 0 saturated heterocycles. The van der Waals surface area contributed by atoms with E-state index in [1.165, 1.54) is 36.3 Å². The minimum absolute atomic E-state index is 0.0164. The minimum atomic E-state index is -0.690. The molecular formula is C27H31FN6O4. The van der Waals surface area contributed by atoms with Crippen LogP contribution in [0.15, 0.2) is 47.7 Å². The van der Waals surface area contributed by atoms with Crippen LogP contribution < -0.4 is 21.2 Å². The monoisotopic (exact) mass is 522 g/mol. The summed E-state index contributed by atoms with van der Waals surface area (Å²) in [7, 11) is 8.24. The molecule has 1 aliphatic rings. The Morgan fingerprint density at radius 1 is 1.11 bits per heavy atom. The van der Waals surface area contributed by atoms with Gasteiger partial charge in [0.05, 0.1) is 11.1 Å². The largest absolute Gasteiger partial charge is 0.451 e. The second-order valence-corrected chi connectivity index (χ2v) is 9.49. The van der Waals surface area contributed by atoms with E-state index in [0.717, 1.165) is 6.07 Å². The fraction of sp³-hybridized carbons (Fsp3) is 0.296. The van der Waals surface area contributed by atoms with Crippen LogP contribution >= 0.6 is 0 Å². The lowest BCUT2D eigenvalue weighted by atomic mass is 10.0. The number of fused-ring (bicyclic) bond motifs is 2. The second kappa shape index (κ2) is 10.4. The molecule has 3 aromatic rings. The summed E-state index contributed by atoms with van der Waals surface area (Å²) in [6, 6.07) is 6.02. The number of rotatable bonds is 8. The van der Waals surface area contributed by atoms with Gasteiger partial charge in [-0.15, -0.1) is 0 Å². The first-order valence-corrected chi connectivity index (χ1v) is 12.0. The van der Waals surface area contributed by atoms with Gasteiger partial charge in [0.1, 0.15) is 16.8 Å². The SMILES string of the molecule is CN(/C=C\N)CCCNc1c(F)cc2c(=O)c(C(=O)N(C)C)cn3c2c1Oc1cc(C(=O)N(C)C)ccc1-3. The fourth-order valence-electron chi connectivity index (χ4n) is 4.33. The summed E-state index contributed by atoms with van der Waals surface area (Å²) in [6.07, 6.45) is 5.29. The zero-order valence-electron chi connectivity index (χ0n) is 22.0. The van der Waals surface area contributed by atoms with Gasteiger partial charge in [0.25, 0.3) is 11.8 Å². The third kappa shape index (κ3) is 4.74. The highest BCUT2D eigenvalue weighted by Gasteiger charge is 2.29.